The quantitative estimate of drug-likeness (QED) is 0.763. The maximum atomic E-state index is 5.57. The molecule has 0 atom stereocenters. The van der Waals surface area contributed by atoms with Crippen LogP contribution in [0.1, 0.15) is 30.0 Å². The average molecular weight is 226 g/mol. The van der Waals surface area contributed by atoms with Gasteiger partial charge in [0.1, 0.15) is 5.75 Å². The van der Waals surface area contributed by atoms with Gasteiger partial charge in [0, 0.05) is 5.39 Å². The molecule has 0 spiro atoms. The Morgan fingerprint density at radius 1 is 1.18 bits per heavy atom. The molecule has 0 aliphatic heterocycles. The molecule has 2 aromatic carbocycles. The predicted octanol–water partition coefficient (Wildman–Crippen LogP) is 4.17. The van der Waals surface area contributed by atoms with Crippen molar-refractivity contribution in [2.24, 2.45) is 0 Å². The first-order valence-corrected chi connectivity index (χ1v) is 5.95. The van der Waals surface area contributed by atoms with Crippen LogP contribution in [0, 0.1) is 13.8 Å². The van der Waals surface area contributed by atoms with E-state index in [0.717, 1.165) is 40.5 Å². The zero-order chi connectivity index (χ0) is 12.4. The highest BCUT2D eigenvalue weighted by molar-refractivity contribution is 5.95. The average Bonchev–Trinajstić information content (AvgIpc) is 2.29. The monoisotopic (exact) mass is 226 g/mol. The van der Waals surface area contributed by atoms with E-state index in [0.29, 0.717) is 0 Å². The lowest BCUT2D eigenvalue weighted by molar-refractivity contribution is 0.414. The van der Waals surface area contributed by atoms with Gasteiger partial charge < -0.3 is 4.74 Å². The topological polar surface area (TPSA) is 9.23 Å². The lowest BCUT2D eigenvalue weighted by Crippen LogP contribution is -1.96. The van der Waals surface area contributed by atoms with Gasteiger partial charge in [-0.05, 0) is 42.3 Å². The minimum absolute atomic E-state index is 0.972. The van der Waals surface area contributed by atoms with E-state index >= 15 is 0 Å². The Kier molecular flexibility index (Phi) is 3.37. The number of aryl methyl sites for hydroxylation is 1. The molecule has 0 amide bonds. The first kappa shape index (κ1) is 12.0. The van der Waals surface area contributed by atoms with Crippen molar-refractivity contribution in [1.82, 2.24) is 0 Å². The van der Waals surface area contributed by atoms with Crippen LogP contribution >= 0.6 is 0 Å². The summed E-state index contributed by atoms with van der Waals surface area (Å²) >= 11 is 0. The minimum atomic E-state index is 0.972. The summed E-state index contributed by atoms with van der Waals surface area (Å²) in [5, 5.41) is 2.24. The van der Waals surface area contributed by atoms with Crippen LogP contribution in [-0.4, -0.2) is 7.11 Å². The van der Waals surface area contributed by atoms with E-state index in [9.17, 15) is 0 Å². The summed E-state index contributed by atoms with van der Waals surface area (Å²) in [5.74, 6) is 0.972. The standard InChI is InChI=1S/C16H18O/c1-5-7-13-10-12(3)15-11(2)8-6-9-14(15)16(13)17-4/h6,8-10H,2-3,5,7H2,1,4H3. The van der Waals surface area contributed by atoms with Crippen LogP contribution in [0.15, 0.2) is 24.3 Å². The second kappa shape index (κ2) is 4.79. The third-order valence-electron chi connectivity index (χ3n) is 3.08. The maximum Gasteiger partial charge on any atom is 0.129 e. The number of ether oxygens (including phenoxy) is 1. The molecule has 0 heterocycles. The number of hydrogen-bond acceptors (Lipinski definition) is 1. The van der Waals surface area contributed by atoms with Crippen molar-refractivity contribution >= 4 is 10.8 Å². The molecule has 88 valence electrons. The van der Waals surface area contributed by atoms with Crippen molar-refractivity contribution < 1.29 is 4.74 Å². The highest BCUT2D eigenvalue weighted by Gasteiger charge is 2.11. The van der Waals surface area contributed by atoms with Crippen LogP contribution in [0.4, 0.5) is 0 Å². The first-order chi connectivity index (χ1) is 8.19. The zero-order valence-electron chi connectivity index (χ0n) is 10.5. The molecule has 2 aromatic rings. The fraction of sp³-hybridized carbons (Fsp3) is 0.250. The maximum absolute atomic E-state index is 5.57. The number of rotatable bonds is 3. The SMILES string of the molecule is [CH2]c1cccc2c(OC)c(CCC)cc([CH2])c12. The normalized spacial score (nSPS) is 10.8. The highest BCUT2D eigenvalue weighted by atomic mass is 16.5. The van der Waals surface area contributed by atoms with E-state index in [4.69, 9.17) is 4.74 Å². The number of fused-ring (bicyclic) bond motifs is 1. The molecule has 0 aliphatic carbocycles. The Morgan fingerprint density at radius 3 is 2.59 bits per heavy atom. The second-order valence-electron chi connectivity index (χ2n) is 4.32. The van der Waals surface area contributed by atoms with Crippen molar-refractivity contribution in [2.75, 3.05) is 7.11 Å². The molecular formula is C16H18O. The largest absolute Gasteiger partial charge is 0.496 e. The second-order valence-corrected chi connectivity index (χ2v) is 4.32. The molecule has 2 rings (SSSR count). The van der Waals surface area contributed by atoms with Crippen LogP contribution in [0.25, 0.3) is 10.8 Å². The minimum Gasteiger partial charge on any atom is -0.496 e. The van der Waals surface area contributed by atoms with E-state index in [1.165, 1.54) is 5.56 Å². The van der Waals surface area contributed by atoms with Crippen molar-refractivity contribution in [1.29, 1.82) is 0 Å². The van der Waals surface area contributed by atoms with Gasteiger partial charge in [0.25, 0.3) is 0 Å². The van der Waals surface area contributed by atoms with Crippen molar-refractivity contribution in [3.8, 4) is 5.75 Å². The third kappa shape index (κ3) is 2.02. The van der Waals surface area contributed by atoms with Gasteiger partial charge in [-0.15, -0.1) is 0 Å². The number of hydrogen-bond donors (Lipinski definition) is 0. The molecule has 0 aliphatic rings. The molecule has 1 heteroatoms. The van der Waals surface area contributed by atoms with Crippen LogP contribution in [0.5, 0.6) is 5.75 Å². The Balaban J connectivity index is 2.81. The van der Waals surface area contributed by atoms with Gasteiger partial charge >= 0.3 is 0 Å². The summed E-state index contributed by atoms with van der Waals surface area (Å²) in [5.41, 5.74) is 3.28. The molecule has 0 saturated carbocycles. The van der Waals surface area contributed by atoms with Crippen molar-refractivity contribution in [3.05, 3.63) is 54.8 Å². The predicted molar refractivity (Wildman–Crippen MR) is 73.4 cm³/mol. The molecule has 0 N–H and O–H groups in total. The number of benzene rings is 2. The van der Waals surface area contributed by atoms with Crippen LogP contribution in [0.3, 0.4) is 0 Å². The van der Waals surface area contributed by atoms with E-state index in [1.807, 2.05) is 12.1 Å². The lowest BCUT2D eigenvalue weighted by atomic mass is 9.95. The summed E-state index contributed by atoms with van der Waals surface area (Å²) in [7, 11) is 1.73. The van der Waals surface area contributed by atoms with Crippen LogP contribution in [0.2, 0.25) is 0 Å². The van der Waals surface area contributed by atoms with Gasteiger partial charge in [0.15, 0.2) is 0 Å². The smallest absolute Gasteiger partial charge is 0.129 e. The van der Waals surface area contributed by atoms with E-state index in [2.05, 4.69) is 32.9 Å². The van der Waals surface area contributed by atoms with Gasteiger partial charge in [0.2, 0.25) is 0 Å². The van der Waals surface area contributed by atoms with Crippen molar-refractivity contribution in [2.45, 2.75) is 19.8 Å². The van der Waals surface area contributed by atoms with E-state index in [-0.39, 0.29) is 0 Å². The lowest BCUT2D eigenvalue weighted by Gasteiger charge is -2.15. The summed E-state index contributed by atoms with van der Waals surface area (Å²) in [6.45, 7) is 10.4. The Bertz CT molecular complexity index is 541. The van der Waals surface area contributed by atoms with Crippen molar-refractivity contribution in [3.63, 3.8) is 0 Å². The highest BCUT2D eigenvalue weighted by Crippen LogP contribution is 2.34. The van der Waals surface area contributed by atoms with Crippen LogP contribution in [-0.2, 0) is 6.42 Å². The first-order valence-electron chi connectivity index (χ1n) is 5.95. The van der Waals surface area contributed by atoms with E-state index < -0.39 is 0 Å². The van der Waals surface area contributed by atoms with E-state index in [1.54, 1.807) is 7.11 Å². The summed E-state index contributed by atoms with van der Waals surface area (Å²) in [6.07, 6.45) is 2.12. The summed E-state index contributed by atoms with van der Waals surface area (Å²) in [4.78, 5) is 0. The summed E-state index contributed by atoms with van der Waals surface area (Å²) in [6, 6.07) is 8.23. The van der Waals surface area contributed by atoms with Gasteiger partial charge in [-0.25, -0.2) is 0 Å². The fourth-order valence-corrected chi connectivity index (χ4v) is 2.39. The number of methoxy groups -OCH3 is 1. The van der Waals surface area contributed by atoms with Gasteiger partial charge in [-0.1, -0.05) is 37.6 Å². The molecule has 0 bridgehead atoms. The molecule has 1 nitrogen and oxygen atoms in total. The Morgan fingerprint density at radius 2 is 1.94 bits per heavy atom. The molecule has 2 radical (unpaired) electrons. The molecule has 0 unspecified atom stereocenters. The molecule has 0 fully saturated rings. The molecule has 0 aromatic heterocycles. The van der Waals surface area contributed by atoms with Gasteiger partial charge in [-0.3, -0.25) is 0 Å². The van der Waals surface area contributed by atoms with Gasteiger partial charge in [-0.2, -0.15) is 0 Å². The Hall–Kier alpha value is -1.50. The molecular weight excluding hydrogens is 208 g/mol. The summed E-state index contributed by atoms with van der Waals surface area (Å²) < 4.78 is 5.57. The molecule has 0 saturated heterocycles. The van der Waals surface area contributed by atoms with Crippen LogP contribution < -0.4 is 4.74 Å². The Labute approximate surface area is 103 Å². The fourth-order valence-electron chi connectivity index (χ4n) is 2.39. The molecule has 17 heavy (non-hydrogen) atoms. The van der Waals surface area contributed by atoms with Gasteiger partial charge in [0.05, 0.1) is 7.11 Å². The zero-order valence-corrected chi connectivity index (χ0v) is 10.5. The third-order valence-corrected chi connectivity index (χ3v) is 3.08.